The summed E-state index contributed by atoms with van der Waals surface area (Å²) in [6.45, 7) is 2.27. The Labute approximate surface area is 151 Å². The van der Waals surface area contributed by atoms with E-state index in [1.807, 2.05) is 0 Å². The molecule has 1 aromatic carbocycles. The van der Waals surface area contributed by atoms with Gasteiger partial charge in [0.25, 0.3) is 0 Å². The van der Waals surface area contributed by atoms with Gasteiger partial charge in [0, 0.05) is 6.54 Å². The normalized spacial score (nSPS) is 17.0. The second-order valence-electron chi connectivity index (χ2n) is 6.44. The maximum atomic E-state index is 13.2. The van der Waals surface area contributed by atoms with Crippen molar-refractivity contribution in [3.8, 4) is 0 Å². The van der Waals surface area contributed by atoms with Gasteiger partial charge in [-0.25, -0.2) is 9.37 Å². The number of hydrogen-bond donors (Lipinski definition) is 2. The fraction of sp³-hybridized carbons (Fsp3) is 0.316. The van der Waals surface area contributed by atoms with Gasteiger partial charge in [0.05, 0.1) is 17.9 Å². The van der Waals surface area contributed by atoms with Crippen molar-refractivity contribution in [2.24, 2.45) is 0 Å². The van der Waals surface area contributed by atoms with E-state index in [1.54, 1.807) is 30.0 Å². The fourth-order valence-corrected chi connectivity index (χ4v) is 3.17. The SMILES string of the molecule is Cc1cc(NC(=O)C(=O)N2CCCC[C@H]2c2ccc(F)cc2)cnc1N. The van der Waals surface area contributed by atoms with Crippen molar-refractivity contribution in [1.29, 1.82) is 0 Å². The average Bonchev–Trinajstić information content (AvgIpc) is 2.65. The summed E-state index contributed by atoms with van der Waals surface area (Å²) in [6, 6.07) is 7.51. The number of aryl methyl sites for hydroxylation is 1. The summed E-state index contributed by atoms with van der Waals surface area (Å²) >= 11 is 0. The fourth-order valence-electron chi connectivity index (χ4n) is 3.17. The lowest BCUT2D eigenvalue weighted by Gasteiger charge is -2.35. The molecule has 1 aliphatic rings. The standard InChI is InChI=1S/C19H21FN4O2/c1-12-10-15(11-22-17(12)21)23-18(25)19(26)24-9-3-2-4-16(24)13-5-7-14(20)8-6-13/h5-8,10-11,16H,2-4,9H2,1H3,(H2,21,22)(H,23,25)/t16-/m0/s1. The van der Waals surface area contributed by atoms with Gasteiger partial charge in [0.1, 0.15) is 11.6 Å². The Morgan fingerprint density at radius 2 is 2.00 bits per heavy atom. The summed E-state index contributed by atoms with van der Waals surface area (Å²) in [5.41, 5.74) is 7.64. The third kappa shape index (κ3) is 3.82. The Morgan fingerprint density at radius 3 is 2.69 bits per heavy atom. The Balaban J connectivity index is 1.76. The maximum Gasteiger partial charge on any atom is 0.313 e. The number of amides is 2. The van der Waals surface area contributed by atoms with Crippen molar-refractivity contribution in [2.75, 3.05) is 17.6 Å². The Morgan fingerprint density at radius 1 is 1.27 bits per heavy atom. The number of halogens is 1. The molecule has 26 heavy (non-hydrogen) atoms. The van der Waals surface area contributed by atoms with E-state index in [1.165, 1.54) is 18.3 Å². The monoisotopic (exact) mass is 356 g/mol. The first-order chi connectivity index (χ1) is 12.5. The lowest BCUT2D eigenvalue weighted by molar-refractivity contribution is -0.145. The molecule has 0 aliphatic carbocycles. The number of anilines is 2. The highest BCUT2D eigenvalue weighted by atomic mass is 19.1. The molecule has 136 valence electrons. The molecule has 7 heteroatoms. The van der Waals surface area contributed by atoms with Gasteiger partial charge in [0.15, 0.2) is 0 Å². The average molecular weight is 356 g/mol. The number of nitrogens with one attached hydrogen (secondary N) is 1. The molecule has 2 amide bonds. The van der Waals surface area contributed by atoms with Crippen molar-refractivity contribution < 1.29 is 14.0 Å². The van der Waals surface area contributed by atoms with Crippen LogP contribution in [0.2, 0.25) is 0 Å². The summed E-state index contributed by atoms with van der Waals surface area (Å²) in [4.78, 5) is 30.7. The number of carbonyl (C=O) groups is 2. The van der Waals surface area contributed by atoms with Crippen molar-refractivity contribution in [3.63, 3.8) is 0 Å². The minimum atomic E-state index is -0.718. The number of nitrogens with two attached hydrogens (primary N) is 1. The van der Waals surface area contributed by atoms with E-state index in [0.29, 0.717) is 18.1 Å². The molecule has 6 nitrogen and oxygen atoms in total. The first-order valence-corrected chi connectivity index (χ1v) is 8.55. The molecule has 3 N–H and O–H groups in total. The number of likely N-dealkylation sites (tertiary alicyclic amines) is 1. The van der Waals surface area contributed by atoms with E-state index in [0.717, 1.165) is 30.4 Å². The van der Waals surface area contributed by atoms with Gasteiger partial charge in [-0.1, -0.05) is 12.1 Å². The van der Waals surface area contributed by atoms with Crippen LogP contribution in [0.3, 0.4) is 0 Å². The molecule has 0 bridgehead atoms. The van der Waals surface area contributed by atoms with Gasteiger partial charge < -0.3 is 16.0 Å². The van der Waals surface area contributed by atoms with Gasteiger partial charge in [-0.2, -0.15) is 0 Å². The summed E-state index contributed by atoms with van der Waals surface area (Å²) < 4.78 is 13.2. The largest absolute Gasteiger partial charge is 0.383 e. The van der Waals surface area contributed by atoms with Crippen LogP contribution in [0.25, 0.3) is 0 Å². The topological polar surface area (TPSA) is 88.3 Å². The quantitative estimate of drug-likeness (QED) is 0.810. The van der Waals surface area contributed by atoms with E-state index in [4.69, 9.17) is 5.73 Å². The van der Waals surface area contributed by atoms with E-state index in [9.17, 15) is 14.0 Å². The van der Waals surface area contributed by atoms with Crippen molar-refractivity contribution in [1.82, 2.24) is 9.88 Å². The molecular formula is C19H21FN4O2. The molecular weight excluding hydrogens is 335 g/mol. The maximum absolute atomic E-state index is 13.2. The lowest BCUT2D eigenvalue weighted by atomic mass is 9.95. The number of piperidine rings is 1. The Hall–Kier alpha value is -2.96. The summed E-state index contributed by atoms with van der Waals surface area (Å²) in [7, 11) is 0. The molecule has 1 aliphatic heterocycles. The van der Waals surface area contributed by atoms with Crippen LogP contribution in [-0.2, 0) is 9.59 Å². The van der Waals surface area contributed by atoms with E-state index in [-0.39, 0.29) is 11.9 Å². The first-order valence-electron chi connectivity index (χ1n) is 8.55. The van der Waals surface area contributed by atoms with Crippen LogP contribution >= 0.6 is 0 Å². The Bertz CT molecular complexity index is 823. The lowest BCUT2D eigenvalue weighted by Crippen LogP contribution is -2.44. The molecule has 3 rings (SSSR count). The van der Waals surface area contributed by atoms with Crippen LogP contribution in [0.15, 0.2) is 36.5 Å². The number of pyridine rings is 1. The van der Waals surface area contributed by atoms with E-state index in [2.05, 4.69) is 10.3 Å². The highest BCUT2D eigenvalue weighted by molar-refractivity contribution is 6.39. The molecule has 1 fully saturated rings. The third-order valence-electron chi connectivity index (χ3n) is 4.59. The smallest absolute Gasteiger partial charge is 0.313 e. The van der Waals surface area contributed by atoms with Crippen molar-refractivity contribution in [3.05, 3.63) is 53.5 Å². The number of aromatic nitrogens is 1. The summed E-state index contributed by atoms with van der Waals surface area (Å²) in [6.07, 6.45) is 3.95. The highest BCUT2D eigenvalue weighted by Gasteiger charge is 2.31. The van der Waals surface area contributed by atoms with Crippen LogP contribution in [-0.4, -0.2) is 28.2 Å². The van der Waals surface area contributed by atoms with Gasteiger partial charge in [0.2, 0.25) is 0 Å². The molecule has 0 saturated carbocycles. The molecule has 0 radical (unpaired) electrons. The molecule has 1 aromatic heterocycles. The second-order valence-corrected chi connectivity index (χ2v) is 6.44. The number of rotatable bonds is 2. The number of benzene rings is 1. The van der Waals surface area contributed by atoms with Crippen LogP contribution < -0.4 is 11.1 Å². The second kappa shape index (κ2) is 7.51. The number of carbonyl (C=O) groups excluding carboxylic acids is 2. The molecule has 0 spiro atoms. The van der Waals surface area contributed by atoms with Gasteiger partial charge in [-0.15, -0.1) is 0 Å². The number of nitrogen functional groups attached to an aromatic ring is 1. The zero-order chi connectivity index (χ0) is 18.7. The van der Waals surface area contributed by atoms with E-state index >= 15 is 0 Å². The molecule has 2 aromatic rings. The van der Waals surface area contributed by atoms with Gasteiger partial charge in [-0.3, -0.25) is 9.59 Å². The minimum absolute atomic E-state index is 0.228. The molecule has 1 saturated heterocycles. The highest BCUT2D eigenvalue weighted by Crippen LogP contribution is 2.31. The third-order valence-corrected chi connectivity index (χ3v) is 4.59. The predicted octanol–water partition coefficient (Wildman–Crippen LogP) is 2.80. The molecule has 2 heterocycles. The van der Waals surface area contributed by atoms with E-state index < -0.39 is 11.8 Å². The van der Waals surface area contributed by atoms with Crippen LogP contribution in [0.4, 0.5) is 15.9 Å². The zero-order valence-corrected chi connectivity index (χ0v) is 14.5. The first kappa shape index (κ1) is 17.8. The summed E-state index contributed by atoms with van der Waals surface area (Å²) in [5, 5.41) is 2.58. The van der Waals surface area contributed by atoms with Gasteiger partial charge >= 0.3 is 11.8 Å². The minimum Gasteiger partial charge on any atom is -0.383 e. The van der Waals surface area contributed by atoms with Crippen molar-refractivity contribution >= 4 is 23.3 Å². The number of nitrogens with zero attached hydrogens (tertiary/aromatic N) is 2. The van der Waals surface area contributed by atoms with Crippen molar-refractivity contribution in [2.45, 2.75) is 32.2 Å². The Kier molecular flexibility index (Phi) is 5.16. The molecule has 0 unspecified atom stereocenters. The van der Waals surface area contributed by atoms with Crippen LogP contribution in [0, 0.1) is 12.7 Å². The number of hydrogen-bond acceptors (Lipinski definition) is 4. The summed E-state index contributed by atoms with van der Waals surface area (Å²) in [5.74, 6) is -1.27. The van der Waals surface area contributed by atoms with Crippen LogP contribution in [0.1, 0.15) is 36.4 Å². The zero-order valence-electron chi connectivity index (χ0n) is 14.5. The van der Waals surface area contributed by atoms with Gasteiger partial charge in [-0.05, 0) is 55.5 Å². The predicted molar refractivity (Wildman–Crippen MR) is 96.7 cm³/mol. The van der Waals surface area contributed by atoms with Crippen LogP contribution in [0.5, 0.6) is 0 Å². The molecule has 1 atom stereocenters.